The van der Waals surface area contributed by atoms with Crippen molar-refractivity contribution in [3.63, 3.8) is 0 Å². The lowest BCUT2D eigenvalue weighted by Gasteiger charge is -2.09. The van der Waals surface area contributed by atoms with Crippen molar-refractivity contribution < 1.29 is 9.53 Å². The second kappa shape index (κ2) is 6.57. The number of nitrogen functional groups attached to an aromatic ring is 1. The first kappa shape index (κ1) is 13.1. The normalized spacial score (nSPS) is 9.76. The molecule has 1 rings (SSSR count). The molecule has 0 aliphatic heterocycles. The van der Waals surface area contributed by atoms with E-state index in [1.54, 1.807) is 12.1 Å². The Hall–Kier alpha value is -1.98. The number of aromatic nitrogens is 1. The van der Waals surface area contributed by atoms with Crippen molar-refractivity contribution in [3.05, 3.63) is 12.1 Å². The molecule has 17 heavy (non-hydrogen) atoms. The topological polar surface area (TPSA) is 89.3 Å². The number of hydrogen-bond acceptors (Lipinski definition) is 5. The SMILES string of the molecule is CCCNC(=O)CNc1nc(OC)ccc1N. The summed E-state index contributed by atoms with van der Waals surface area (Å²) in [5.74, 6) is 0.822. The average molecular weight is 238 g/mol. The molecule has 0 spiro atoms. The molecule has 0 atom stereocenters. The lowest BCUT2D eigenvalue weighted by molar-refractivity contribution is -0.119. The fourth-order valence-electron chi connectivity index (χ4n) is 1.20. The largest absolute Gasteiger partial charge is 0.481 e. The molecule has 1 amide bonds. The number of carbonyl (C=O) groups excluding carboxylic acids is 1. The summed E-state index contributed by atoms with van der Waals surface area (Å²) in [6.45, 7) is 2.81. The number of ether oxygens (including phenoxy) is 1. The van der Waals surface area contributed by atoms with E-state index in [9.17, 15) is 4.79 Å². The highest BCUT2D eigenvalue weighted by Crippen LogP contribution is 2.18. The van der Waals surface area contributed by atoms with E-state index >= 15 is 0 Å². The molecule has 0 unspecified atom stereocenters. The van der Waals surface area contributed by atoms with Crippen molar-refractivity contribution in [1.29, 1.82) is 0 Å². The van der Waals surface area contributed by atoms with E-state index < -0.39 is 0 Å². The quantitative estimate of drug-likeness (QED) is 0.675. The molecule has 1 aromatic rings. The third-order valence-electron chi connectivity index (χ3n) is 2.10. The van der Waals surface area contributed by atoms with E-state index in [4.69, 9.17) is 10.5 Å². The Balaban J connectivity index is 2.53. The molecule has 1 heterocycles. The highest BCUT2D eigenvalue weighted by molar-refractivity contribution is 5.81. The van der Waals surface area contributed by atoms with Crippen LogP contribution in [-0.2, 0) is 4.79 Å². The molecule has 6 nitrogen and oxygen atoms in total. The molecular formula is C11H18N4O2. The van der Waals surface area contributed by atoms with Crippen molar-refractivity contribution in [2.24, 2.45) is 0 Å². The first-order chi connectivity index (χ1) is 8.17. The van der Waals surface area contributed by atoms with Gasteiger partial charge in [-0.05, 0) is 12.5 Å². The van der Waals surface area contributed by atoms with E-state index in [1.807, 2.05) is 6.92 Å². The zero-order valence-electron chi connectivity index (χ0n) is 10.1. The number of pyridine rings is 1. The summed E-state index contributed by atoms with van der Waals surface area (Å²) in [5.41, 5.74) is 6.20. The third-order valence-corrected chi connectivity index (χ3v) is 2.10. The molecule has 0 aliphatic carbocycles. The van der Waals surface area contributed by atoms with Gasteiger partial charge in [0.1, 0.15) is 0 Å². The maximum atomic E-state index is 11.4. The monoisotopic (exact) mass is 238 g/mol. The van der Waals surface area contributed by atoms with Crippen LogP contribution in [0, 0.1) is 0 Å². The molecule has 0 aliphatic rings. The van der Waals surface area contributed by atoms with Gasteiger partial charge in [-0.25, -0.2) is 0 Å². The Labute approximate surface area is 101 Å². The molecule has 4 N–H and O–H groups in total. The molecule has 0 saturated heterocycles. The average Bonchev–Trinajstić information content (AvgIpc) is 2.35. The van der Waals surface area contributed by atoms with Crippen LogP contribution >= 0.6 is 0 Å². The number of amides is 1. The van der Waals surface area contributed by atoms with E-state index in [-0.39, 0.29) is 12.5 Å². The van der Waals surface area contributed by atoms with Gasteiger partial charge in [-0.15, -0.1) is 0 Å². The predicted molar refractivity (Wildman–Crippen MR) is 67.0 cm³/mol. The lowest BCUT2D eigenvalue weighted by atomic mass is 10.4. The number of nitrogens with one attached hydrogen (secondary N) is 2. The summed E-state index contributed by atoms with van der Waals surface area (Å²) in [5, 5.41) is 5.62. The van der Waals surface area contributed by atoms with Gasteiger partial charge in [-0.2, -0.15) is 4.98 Å². The van der Waals surface area contributed by atoms with Gasteiger partial charge in [0.15, 0.2) is 5.82 Å². The maximum Gasteiger partial charge on any atom is 0.239 e. The third kappa shape index (κ3) is 4.18. The standard InChI is InChI=1S/C11H18N4O2/c1-3-6-13-9(16)7-14-11-8(12)4-5-10(15-11)17-2/h4-5H,3,6-7,12H2,1-2H3,(H,13,16)(H,14,15). The molecule has 6 heteroatoms. The Bertz CT molecular complexity index is 382. The molecule has 94 valence electrons. The summed E-state index contributed by atoms with van der Waals surface area (Å²) >= 11 is 0. The van der Waals surface area contributed by atoms with Gasteiger partial charge in [-0.1, -0.05) is 6.92 Å². The minimum absolute atomic E-state index is 0.0872. The number of nitrogens with zero attached hydrogens (tertiary/aromatic N) is 1. The smallest absolute Gasteiger partial charge is 0.239 e. The number of nitrogens with two attached hydrogens (primary N) is 1. The van der Waals surface area contributed by atoms with Crippen LogP contribution in [0.15, 0.2) is 12.1 Å². The Morgan fingerprint density at radius 1 is 1.53 bits per heavy atom. The highest BCUT2D eigenvalue weighted by Gasteiger charge is 2.05. The van der Waals surface area contributed by atoms with Crippen molar-refractivity contribution in [3.8, 4) is 5.88 Å². The summed E-state index contributed by atoms with van der Waals surface area (Å²) < 4.78 is 4.97. The van der Waals surface area contributed by atoms with Crippen LogP contribution < -0.4 is 21.1 Å². The van der Waals surface area contributed by atoms with Crippen molar-refractivity contribution in [1.82, 2.24) is 10.3 Å². The number of anilines is 2. The summed E-state index contributed by atoms with van der Waals surface area (Å²) in [6, 6.07) is 3.34. The Kier molecular flexibility index (Phi) is 5.06. The molecule has 0 saturated carbocycles. The van der Waals surface area contributed by atoms with Crippen LogP contribution in [0.5, 0.6) is 5.88 Å². The Morgan fingerprint density at radius 3 is 2.94 bits per heavy atom. The Morgan fingerprint density at radius 2 is 2.29 bits per heavy atom. The van der Waals surface area contributed by atoms with Crippen LogP contribution in [0.2, 0.25) is 0 Å². The number of methoxy groups -OCH3 is 1. The lowest BCUT2D eigenvalue weighted by Crippen LogP contribution is -2.30. The van der Waals surface area contributed by atoms with Crippen molar-refractivity contribution >= 4 is 17.4 Å². The van der Waals surface area contributed by atoms with E-state index in [0.29, 0.717) is 23.9 Å². The van der Waals surface area contributed by atoms with Gasteiger partial charge in [0.05, 0.1) is 19.3 Å². The fraction of sp³-hybridized carbons (Fsp3) is 0.455. The summed E-state index contributed by atoms with van der Waals surface area (Å²) in [6.07, 6.45) is 0.908. The van der Waals surface area contributed by atoms with Gasteiger partial charge in [-0.3, -0.25) is 4.79 Å². The molecular weight excluding hydrogens is 220 g/mol. The van der Waals surface area contributed by atoms with E-state index in [2.05, 4.69) is 15.6 Å². The van der Waals surface area contributed by atoms with Crippen LogP contribution in [0.25, 0.3) is 0 Å². The molecule has 0 bridgehead atoms. The van der Waals surface area contributed by atoms with Crippen molar-refractivity contribution in [2.45, 2.75) is 13.3 Å². The van der Waals surface area contributed by atoms with E-state index in [1.165, 1.54) is 7.11 Å². The maximum absolute atomic E-state index is 11.4. The molecule has 0 aromatic carbocycles. The summed E-state index contributed by atoms with van der Waals surface area (Å²) in [4.78, 5) is 15.5. The van der Waals surface area contributed by atoms with Crippen LogP contribution in [0.1, 0.15) is 13.3 Å². The van der Waals surface area contributed by atoms with Crippen LogP contribution in [0.4, 0.5) is 11.5 Å². The number of carbonyl (C=O) groups is 1. The van der Waals surface area contributed by atoms with Crippen LogP contribution in [0.3, 0.4) is 0 Å². The van der Waals surface area contributed by atoms with Gasteiger partial charge in [0, 0.05) is 12.6 Å². The van der Waals surface area contributed by atoms with Gasteiger partial charge in [0.2, 0.25) is 11.8 Å². The summed E-state index contributed by atoms with van der Waals surface area (Å²) in [7, 11) is 1.52. The predicted octanol–water partition coefficient (Wildman–Crippen LogP) is 0.610. The zero-order valence-corrected chi connectivity index (χ0v) is 10.1. The number of hydrogen-bond donors (Lipinski definition) is 3. The zero-order chi connectivity index (χ0) is 12.7. The minimum atomic E-state index is -0.0872. The minimum Gasteiger partial charge on any atom is -0.481 e. The van der Waals surface area contributed by atoms with E-state index in [0.717, 1.165) is 6.42 Å². The first-order valence-electron chi connectivity index (χ1n) is 5.48. The second-order valence-corrected chi connectivity index (χ2v) is 3.49. The van der Waals surface area contributed by atoms with Gasteiger partial charge < -0.3 is 21.1 Å². The first-order valence-corrected chi connectivity index (χ1v) is 5.48. The molecule has 0 radical (unpaired) electrons. The van der Waals surface area contributed by atoms with Crippen LogP contribution in [-0.4, -0.2) is 31.1 Å². The number of rotatable bonds is 6. The fourth-order valence-corrected chi connectivity index (χ4v) is 1.20. The van der Waals surface area contributed by atoms with Crippen molar-refractivity contribution in [2.75, 3.05) is 31.2 Å². The molecule has 1 aromatic heterocycles. The molecule has 0 fully saturated rings. The van der Waals surface area contributed by atoms with Gasteiger partial charge >= 0.3 is 0 Å². The highest BCUT2D eigenvalue weighted by atomic mass is 16.5. The van der Waals surface area contributed by atoms with Gasteiger partial charge in [0.25, 0.3) is 0 Å². The second-order valence-electron chi connectivity index (χ2n) is 3.49.